The van der Waals surface area contributed by atoms with Crippen molar-refractivity contribution in [2.24, 2.45) is 0 Å². The number of aryl methyl sites for hydroxylation is 2. The summed E-state index contributed by atoms with van der Waals surface area (Å²) in [6, 6.07) is 13.7. The number of hydrogen-bond acceptors (Lipinski definition) is 2. The quantitative estimate of drug-likeness (QED) is 0.880. The number of aliphatic hydroxyl groups excluding tert-OH is 1. The lowest BCUT2D eigenvalue weighted by Crippen LogP contribution is -2.12. The van der Waals surface area contributed by atoms with Gasteiger partial charge >= 0.3 is 0 Å². The summed E-state index contributed by atoms with van der Waals surface area (Å²) in [5.41, 5.74) is 4.04. The van der Waals surface area contributed by atoms with Gasteiger partial charge in [-0.1, -0.05) is 47.5 Å². The predicted octanol–water partition coefficient (Wildman–Crippen LogP) is 4.10. The van der Waals surface area contributed by atoms with Crippen LogP contribution in [0.4, 0.5) is 5.69 Å². The summed E-state index contributed by atoms with van der Waals surface area (Å²) in [5.74, 6) is 0. The summed E-state index contributed by atoms with van der Waals surface area (Å²) < 4.78 is 0. The molecule has 0 saturated carbocycles. The zero-order valence-electron chi connectivity index (χ0n) is 11.2. The smallest absolute Gasteiger partial charge is 0.0962 e. The van der Waals surface area contributed by atoms with Crippen LogP contribution in [0.3, 0.4) is 0 Å². The molecule has 0 heterocycles. The van der Waals surface area contributed by atoms with Gasteiger partial charge in [-0.05, 0) is 37.1 Å². The molecular weight excluding hydrogens is 258 g/mol. The molecule has 2 N–H and O–H groups in total. The van der Waals surface area contributed by atoms with Crippen molar-refractivity contribution in [2.75, 3.05) is 11.9 Å². The Hall–Kier alpha value is -1.51. The van der Waals surface area contributed by atoms with Crippen LogP contribution < -0.4 is 5.32 Å². The van der Waals surface area contributed by atoms with Crippen LogP contribution in [0.5, 0.6) is 0 Å². The van der Waals surface area contributed by atoms with Crippen molar-refractivity contribution >= 4 is 17.3 Å². The third-order valence-electron chi connectivity index (χ3n) is 3.10. The van der Waals surface area contributed by atoms with Crippen molar-refractivity contribution in [3.63, 3.8) is 0 Å². The van der Waals surface area contributed by atoms with E-state index in [0.29, 0.717) is 6.54 Å². The Balaban J connectivity index is 2.00. The largest absolute Gasteiger partial charge is 0.387 e. The van der Waals surface area contributed by atoms with Gasteiger partial charge < -0.3 is 10.4 Å². The minimum Gasteiger partial charge on any atom is -0.387 e. The standard InChI is InChI=1S/C16H18ClNO/c1-11-4-3-5-13(8-11)16(19)10-18-14-7-6-12(2)15(17)9-14/h3-9,16,18-19H,10H2,1-2H3. The number of anilines is 1. The van der Waals surface area contributed by atoms with Crippen molar-refractivity contribution in [1.29, 1.82) is 0 Å². The van der Waals surface area contributed by atoms with Crippen LogP contribution in [-0.4, -0.2) is 11.7 Å². The monoisotopic (exact) mass is 275 g/mol. The van der Waals surface area contributed by atoms with Gasteiger partial charge in [0.05, 0.1) is 6.10 Å². The molecule has 0 radical (unpaired) electrons. The van der Waals surface area contributed by atoms with E-state index in [1.54, 1.807) is 0 Å². The molecule has 0 aliphatic heterocycles. The second kappa shape index (κ2) is 6.09. The summed E-state index contributed by atoms with van der Waals surface area (Å²) in [6.45, 7) is 4.44. The summed E-state index contributed by atoms with van der Waals surface area (Å²) in [4.78, 5) is 0. The highest BCUT2D eigenvalue weighted by atomic mass is 35.5. The number of rotatable bonds is 4. The number of hydrogen-bond donors (Lipinski definition) is 2. The van der Waals surface area contributed by atoms with Crippen molar-refractivity contribution in [3.8, 4) is 0 Å². The Bertz CT molecular complexity index is 568. The fourth-order valence-corrected chi connectivity index (χ4v) is 2.09. The molecule has 0 aliphatic carbocycles. The average molecular weight is 276 g/mol. The lowest BCUT2D eigenvalue weighted by molar-refractivity contribution is 0.191. The highest BCUT2D eigenvalue weighted by Gasteiger charge is 2.07. The number of nitrogens with one attached hydrogen (secondary N) is 1. The molecule has 19 heavy (non-hydrogen) atoms. The molecule has 0 spiro atoms. The van der Waals surface area contributed by atoms with Gasteiger partial charge in [0.25, 0.3) is 0 Å². The Morgan fingerprint density at radius 3 is 2.63 bits per heavy atom. The van der Waals surface area contributed by atoms with Gasteiger partial charge in [-0.3, -0.25) is 0 Å². The van der Waals surface area contributed by atoms with E-state index < -0.39 is 6.10 Å². The van der Waals surface area contributed by atoms with E-state index in [-0.39, 0.29) is 0 Å². The molecule has 1 unspecified atom stereocenters. The van der Waals surface area contributed by atoms with Gasteiger partial charge in [0, 0.05) is 17.3 Å². The fourth-order valence-electron chi connectivity index (χ4n) is 1.91. The molecule has 2 aromatic carbocycles. The van der Waals surface area contributed by atoms with E-state index in [4.69, 9.17) is 11.6 Å². The Morgan fingerprint density at radius 2 is 1.95 bits per heavy atom. The predicted molar refractivity (Wildman–Crippen MR) is 80.8 cm³/mol. The molecule has 2 nitrogen and oxygen atoms in total. The molecule has 2 rings (SSSR count). The van der Waals surface area contributed by atoms with Crippen molar-refractivity contribution < 1.29 is 5.11 Å². The molecule has 3 heteroatoms. The Morgan fingerprint density at radius 1 is 1.16 bits per heavy atom. The van der Waals surface area contributed by atoms with Crippen LogP contribution in [0.2, 0.25) is 5.02 Å². The van der Waals surface area contributed by atoms with Gasteiger partial charge in [0.1, 0.15) is 0 Å². The minimum absolute atomic E-state index is 0.461. The third-order valence-corrected chi connectivity index (χ3v) is 3.51. The summed E-state index contributed by atoms with van der Waals surface area (Å²) in [7, 11) is 0. The lowest BCUT2D eigenvalue weighted by atomic mass is 10.1. The topological polar surface area (TPSA) is 32.3 Å². The molecule has 1 atom stereocenters. The second-order valence-corrected chi connectivity index (χ2v) is 5.18. The zero-order valence-corrected chi connectivity index (χ0v) is 11.9. The molecule has 0 aliphatic rings. The highest BCUT2D eigenvalue weighted by Crippen LogP contribution is 2.21. The van der Waals surface area contributed by atoms with E-state index in [1.165, 1.54) is 0 Å². The lowest BCUT2D eigenvalue weighted by Gasteiger charge is -2.14. The Labute approximate surface area is 119 Å². The maximum atomic E-state index is 10.1. The average Bonchev–Trinajstić information content (AvgIpc) is 2.40. The van der Waals surface area contributed by atoms with Gasteiger partial charge in [0.2, 0.25) is 0 Å². The third kappa shape index (κ3) is 3.72. The number of aliphatic hydroxyl groups is 1. The molecule has 0 fully saturated rings. The highest BCUT2D eigenvalue weighted by molar-refractivity contribution is 6.31. The molecule has 2 aromatic rings. The summed E-state index contributed by atoms with van der Waals surface area (Å²) >= 11 is 6.06. The first-order valence-corrected chi connectivity index (χ1v) is 6.69. The zero-order chi connectivity index (χ0) is 13.8. The van der Waals surface area contributed by atoms with E-state index in [9.17, 15) is 5.11 Å². The Kier molecular flexibility index (Phi) is 4.46. The number of halogens is 1. The maximum absolute atomic E-state index is 10.1. The van der Waals surface area contributed by atoms with Crippen LogP contribution in [0, 0.1) is 13.8 Å². The molecule has 0 amide bonds. The molecule has 0 bridgehead atoms. The van der Waals surface area contributed by atoms with E-state index >= 15 is 0 Å². The minimum atomic E-state index is -0.528. The molecule has 0 saturated heterocycles. The van der Waals surface area contributed by atoms with E-state index in [1.807, 2.05) is 56.3 Å². The van der Waals surface area contributed by atoms with Crippen LogP contribution in [0.1, 0.15) is 22.8 Å². The van der Waals surface area contributed by atoms with Gasteiger partial charge in [0.15, 0.2) is 0 Å². The summed E-state index contributed by atoms with van der Waals surface area (Å²) in [5, 5.41) is 14.1. The second-order valence-electron chi connectivity index (χ2n) is 4.77. The van der Waals surface area contributed by atoms with Crippen LogP contribution in [0.15, 0.2) is 42.5 Å². The fraction of sp³-hybridized carbons (Fsp3) is 0.250. The van der Waals surface area contributed by atoms with E-state index in [0.717, 1.165) is 27.4 Å². The number of benzene rings is 2. The van der Waals surface area contributed by atoms with Gasteiger partial charge in [-0.25, -0.2) is 0 Å². The maximum Gasteiger partial charge on any atom is 0.0962 e. The first kappa shape index (κ1) is 13.9. The first-order valence-electron chi connectivity index (χ1n) is 6.31. The van der Waals surface area contributed by atoms with Crippen molar-refractivity contribution in [2.45, 2.75) is 20.0 Å². The molecule has 100 valence electrons. The SMILES string of the molecule is Cc1cccc(C(O)CNc2ccc(C)c(Cl)c2)c1. The van der Waals surface area contributed by atoms with Crippen LogP contribution >= 0.6 is 11.6 Å². The normalized spacial score (nSPS) is 12.2. The van der Waals surface area contributed by atoms with Crippen LogP contribution in [-0.2, 0) is 0 Å². The first-order chi connectivity index (χ1) is 9.06. The van der Waals surface area contributed by atoms with Crippen molar-refractivity contribution in [3.05, 3.63) is 64.2 Å². The summed E-state index contributed by atoms with van der Waals surface area (Å²) in [6.07, 6.45) is -0.528. The van der Waals surface area contributed by atoms with Crippen molar-refractivity contribution in [1.82, 2.24) is 0 Å². The van der Waals surface area contributed by atoms with Gasteiger partial charge in [-0.2, -0.15) is 0 Å². The van der Waals surface area contributed by atoms with Crippen LogP contribution in [0.25, 0.3) is 0 Å². The van der Waals surface area contributed by atoms with E-state index in [2.05, 4.69) is 5.32 Å². The van der Waals surface area contributed by atoms with Gasteiger partial charge in [-0.15, -0.1) is 0 Å². The molecular formula is C16H18ClNO. The molecule has 0 aromatic heterocycles.